The van der Waals surface area contributed by atoms with Crippen LogP contribution in [-0.2, 0) is 26.0 Å². The Bertz CT molecular complexity index is 733. The minimum absolute atomic E-state index is 0.0412. The highest BCUT2D eigenvalue weighted by atomic mass is 32.2. The van der Waals surface area contributed by atoms with Crippen LogP contribution < -0.4 is 20.7 Å². The van der Waals surface area contributed by atoms with E-state index in [2.05, 4.69) is 4.72 Å². The zero-order chi connectivity index (χ0) is 19.2. The van der Waals surface area contributed by atoms with E-state index < -0.39 is 33.8 Å². The molecule has 1 aromatic rings. The third kappa shape index (κ3) is 5.69. The molecule has 9 nitrogen and oxygen atoms in total. The number of carbonyl (C=O) groups is 2. The molecular formula is C15H23N3O6S. The number of sulfonamides is 1. The number of nitrogens with one attached hydrogen (secondary N) is 2. The maximum absolute atomic E-state index is 12.7. The number of carbonyl (C=O) groups excluding carboxylic acids is 2. The Morgan fingerprint density at radius 2 is 1.96 bits per heavy atom. The molecule has 0 spiro atoms. The summed E-state index contributed by atoms with van der Waals surface area (Å²) in [7, 11) is -2.66. The second-order valence-corrected chi connectivity index (χ2v) is 7.44. The van der Waals surface area contributed by atoms with Crippen molar-refractivity contribution >= 4 is 21.8 Å². The van der Waals surface area contributed by atoms with Crippen LogP contribution in [0.4, 0.5) is 0 Å². The second kappa shape index (κ2) is 8.79. The van der Waals surface area contributed by atoms with E-state index in [1.807, 2.05) is 0 Å². The molecule has 0 heterocycles. The van der Waals surface area contributed by atoms with Gasteiger partial charge in [0.15, 0.2) is 0 Å². The molecule has 0 aliphatic carbocycles. The van der Waals surface area contributed by atoms with E-state index >= 15 is 0 Å². The average Bonchev–Trinajstić information content (AvgIpc) is 2.56. The largest absolute Gasteiger partial charge is 0.497 e. The molecule has 0 aromatic heterocycles. The fourth-order valence-corrected chi connectivity index (χ4v) is 3.78. The molecule has 0 radical (unpaired) electrons. The third-order valence-corrected chi connectivity index (χ3v) is 5.08. The molecule has 25 heavy (non-hydrogen) atoms. The number of hydrogen-bond donors (Lipinski definition) is 4. The molecule has 2 amide bonds. The van der Waals surface area contributed by atoms with E-state index in [-0.39, 0.29) is 17.7 Å². The maximum atomic E-state index is 12.7. The van der Waals surface area contributed by atoms with Crippen LogP contribution in [0.2, 0.25) is 0 Å². The number of aryl methyl sites for hydroxylation is 1. The molecule has 1 rings (SSSR count). The lowest BCUT2D eigenvalue weighted by Gasteiger charge is -2.21. The molecular weight excluding hydrogens is 350 g/mol. The standard InChI is InChI=1S/C15H23N3O6S/c1-9(2)14(15(20)17-21)18-25(22,23)12-6-5-11(24-3)8-10(12)4-7-13(16)19/h5-6,8-9,14,18,21H,4,7H2,1-3H3,(H2,16,19)(H,17,20)/t14-/m1/s1. The van der Waals surface area contributed by atoms with Crippen molar-refractivity contribution in [2.24, 2.45) is 11.7 Å². The summed E-state index contributed by atoms with van der Waals surface area (Å²) in [5, 5.41) is 8.79. The van der Waals surface area contributed by atoms with Crippen molar-refractivity contribution in [1.82, 2.24) is 10.2 Å². The zero-order valence-electron chi connectivity index (χ0n) is 14.3. The Hall–Kier alpha value is -2.17. The zero-order valence-corrected chi connectivity index (χ0v) is 15.1. The lowest BCUT2D eigenvalue weighted by molar-refractivity contribution is -0.131. The van der Waals surface area contributed by atoms with Gasteiger partial charge in [-0.3, -0.25) is 14.8 Å². The number of amides is 2. The Labute approximate surface area is 146 Å². The number of benzene rings is 1. The van der Waals surface area contributed by atoms with Gasteiger partial charge in [0, 0.05) is 6.42 Å². The molecule has 0 aliphatic heterocycles. The van der Waals surface area contributed by atoms with Crippen molar-refractivity contribution in [3.63, 3.8) is 0 Å². The van der Waals surface area contributed by atoms with Crippen molar-refractivity contribution in [3.8, 4) is 5.75 Å². The number of primary amides is 1. The SMILES string of the molecule is COc1ccc(S(=O)(=O)N[C@@H](C(=O)NO)C(C)C)c(CCC(N)=O)c1. The van der Waals surface area contributed by atoms with Crippen molar-refractivity contribution in [2.75, 3.05) is 7.11 Å². The Morgan fingerprint density at radius 1 is 1.32 bits per heavy atom. The van der Waals surface area contributed by atoms with E-state index in [1.54, 1.807) is 13.8 Å². The molecule has 1 atom stereocenters. The lowest BCUT2D eigenvalue weighted by Crippen LogP contribution is -2.48. The number of hydroxylamine groups is 1. The fraction of sp³-hybridized carbons (Fsp3) is 0.467. The van der Waals surface area contributed by atoms with Crippen LogP contribution in [0.1, 0.15) is 25.8 Å². The molecule has 0 aliphatic rings. The van der Waals surface area contributed by atoms with Gasteiger partial charge in [-0.05, 0) is 36.1 Å². The average molecular weight is 373 g/mol. The molecule has 1 aromatic carbocycles. The van der Waals surface area contributed by atoms with Crippen LogP contribution in [0, 0.1) is 5.92 Å². The van der Waals surface area contributed by atoms with Gasteiger partial charge in [0.25, 0.3) is 5.91 Å². The Balaban J connectivity index is 3.26. The predicted octanol–water partition coefficient (Wildman–Crippen LogP) is -0.0786. The highest BCUT2D eigenvalue weighted by molar-refractivity contribution is 7.89. The summed E-state index contributed by atoms with van der Waals surface area (Å²) in [6.45, 7) is 3.26. The van der Waals surface area contributed by atoms with Crippen LogP contribution in [0.25, 0.3) is 0 Å². The van der Waals surface area contributed by atoms with Crippen LogP contribution in [0.15, 0.2) is 23.1 Å². The van der Waals surface area contributed by atoms with Crippen LogP contribution in [0.3, 0.4) is 0 Å². The first-order valence-electron chi connectivity index (χ1n) is 7.54. The van der Waals surface area contributed by atoms with Gasteiger partial charge in [0.1, 0.15) is 11.8 Å². The lowest BCUT2D eigenvalue weighted by atomic mass is 10.1. The first kappa shape index (κ1) is 20.9. The summed E-state index contributed by atoms with van der Waals surface area (Å²) in [6.07, 6.45) is 0.0573. The first-order chi connectivity index (χ1) is 11.6. The highest BCUT2D eigenvalue weighted by Crippen LogP contribution is 2.24. The molecule has 0 fully saturated rings. The number of hydrogen-bond acceptors (Lipinski definition) is 6. The molecule has 0 saturated heterocycles. The van der Waals surface area contributed by atoms with Crippen molar-refractivity contribution in [3.05, 3.63) is 23.8 Å². The third-order valence-electron chi connectivity index (χ3n) is 3.54. The van der Waals surface area contributed by atoms with Crippen molar-refractivity contribution in [2.45, 2.75) is 37.6 Å². The van der Waals surface area contributed by atoms with Crippen LogP contribution in [-0.4, -0.2) is 38.6 Å². The summed E-state index contributed by atoms with van der Waals surface area (Å²) in [6, 6.07) is 3.11. The summed E-state index contributed by atoms with van der Waals surface area (Å²) in [5.74, 6) is -1.43. The monoisotopic (exact) mass is 373 g/mol. The number of nitrogens with two attached hydrogens (primary N) is 1. The smallest absolute Gasteiger partial charge is 0.261 e. The van der Waals surface area contributed by atoms with Gasteiger partial charge in [0.05, 0.1) is 12.0 Å². The fourth-order valence-electron chi connectivity index (χ4n) is 2.19. The van der Waals surface area contributed by atoms with E-state index in [0.717, 1.165) is 0 Å². The topological polar surface area (TPSA) is 148 Å². The van der Waals surface area contributed by atoms with Gasteiger partial charge < -0.3 is 10.5 Å². The molecule has 140 valence electrons. The maximum Gasteiger partial charge on any atom is 0.261 e. The summed E-state index contributed by atoms with van der Waals surface area (Å²) < 4.78 is 32.7. The number of methoxy groups -OCH3 is 1. The molecule has 5 N–H and O–H groups in total. The predicted molar refractivity (Wildman–Crippen MR) is 89.4 cm³/mol. The molecule has 10 heteroatoms. The minimum Gasteiger partial charge on any atom is -0.497 e. The van der Waals surface area contributed by atoms with E-state index in [1.165, 1.54) is 30.8 Å². The number of ether oxygens (including phenoxy) is 1. The quantitative estimate of drug-likeness (QED) is 0.351. The molecule has 0 bridgehead atoms. The summed E-state index contributed by atoms with van der Waals surface area (Å²) in [5.41, 5.74) is 6.91. The van der Waals surface area contributed by atoms with Gasteiger partial charge in [-0.2, -0.15) is 4.72 Å². The number of rotatable bonds is 9. The van der Waals surface area contributed by atoms with E-state index in [4.69, 9.17) is 15.7 Å². The van der Waals surface area contributed by atoms with Crippen LogP contribution >= 0.6 is 0 Å². The Morgan fingerprint density at radius 3 is 2.44 bits per heavy atom. The Kier molecular flexibility index (Phi) is 7.34. The van der Waals surface area contributed by atoms with Gasteiger partial charge in [0.2, 0.25) is 15.9 Å². The van der Waals surface area contributed by atoms with Crippen LogP contribution in [0.5, 0.6) is 5.75 Å². The second-order valence-electron chi connectivity index (χ2n) is 5.76. The first-order valence-corrected chi connectivity index (χ1v) is 9.02. The van der Waals surface area contributed by atoms with Gasteiger partial charge in [-0.25, -0.2) is 13.9 Å². The normalized spacial score (nSPS) is 12.7. The van der Waals surface area contributed by atoms with Gasteiger partial charge >= 0.3 is 0 Å². The highest BCUT2D eigenvalue weighted by Gasteiger charge is 2.29. The summed E-state index contributed by atoms with van der Waals surface area (Å²) >= 11 is 0. The molecule has 0 unspecified atom stereocenters. The van der Waals surface area contributed by atoms with Crippen molar-refractivity contribution < 1.29 is 28.0 Å². The molecule has 0 saturated carbocycles. The van der Waals surface area contributed by atoms with Gasteiger partial charge in [-0.1, -0.05) is 13.8 Å². The van der Waals surface area contributed by atoms with Gasteiger partial charge in [-0.15, -0.1) is 0 Å². The van der Waals surface area contributed by atoms with E-state index in [9.17, 15) is 18.0 Å². The van der Waals surface area contributed by atoms with E-state index in [0.29, 0.717) is 11.3 Å². The van der Waals surface area contributed by atoms with Crippen molar-refractivity contribution in [1.29, 1.82) is 0 Å². The minimum atomic E-state index is -4.09. The summed E-state index contributed by atoms with van der Waals surface area (Å²) in [4.78, 5) is 22.6.